The van der Waals surface area contributed by atoms with Crippen LogP contribution < -0.4 is 5.32 Å². The van der Waals surface area contributed by atoms with E-state index in [1.807, 2.05) is 0 Å². The predicted octanol–water partition coefficient (Wildman–Crippen LogP) is 0.176. The molecule has 1 N–H and O–H groups in total. The minimum absolute atomic E-state index is 0.421. The van der Waals surface area contributed by atoms with Crippen molar-refractivity contribution < 1.29 is 4.52 Å². The molecule has 0 aliphatic carbocycles. The highest BCUT2D eigenvalue weighted by Crippen LogP contribution is 2.22. The number of hydrogen-bond donors (Lipinski definition) is 1. The first-order valence-electron chi connectivity index (χ1n) is 5.77. The molecule has 0 unspecified atom stereocenters. The maximum Gasteiger partial charge on any atom is 0.248 e. The summed E-state index contributed by atoms with van der Waals surface area (Å²) in [6.07, 6.45) is 5.27. The Hall–Kier alpha value is -1.76. The summed E-state index contributed by atoms with van der Waals surface area (Å²) in [4.78, 5) is 8.28. The molecule has 2 aromatic rings. The van der Waals surface area contributed by atoms with Crippen LogP contribution in [-0.4, -0.2) is 38.0 Å². The third kappa shape index (κ3) is 2.33. The Morgan fingerprint density at radius 3 is 3.06 bits per heavy atom. The van der Waals surface area contributed by atoms with Gasteiger partial charge in [-0.1, -0.05) is 5.16 Å². The van der Waals surface area contributed by atoms with Gasteiger partial charge in [0.1, 0.15) is 19.2 Å². The third-order valence-electron chi connectivity index (χ3n) is 2.95. The Kier molecular flexibility index (Phi) is 2.83. The van der Waals surface area contributed by atoms with Crippen LogP contribution in [0, 0.1) is 0 Å². The molecule has 0 amide bonds. The zero-order valence-electron chi connectivity index (χ0n) is 9.41. The molecule has 0 aromatic carbocycles. The van der Waals surface area contributed by atoms with Crippen molar-refractivity contribution in [2.75, 3.05) is 13.1 Å². The molecule has 1 aliphatic heterocycles. The van der Waals surface area contributed by atoms with Gasteiger partial charge in [0.15, 0.2) is 5.82 Å². The molecule has 17 heavy (non-hydrogen) atoms. The second-order valence-corrected chi connectivity index (χ2v) is 4.16. The molecule has 2 aromatic heterocycles. The van der Waals surface area contributed by atoms with E-state index in [1.54, 1.807) is 11.0 Å². The van der Waals surface area contributed by atoms with Crippen LogP contribution in [-0.2, 0) is 6.54 Å². The summed E-state index contributed by atoms with van der Waals surface area (Å²) in [5.41, 5.74) is 0. The van der Waals surface area contributed by atoms with Gasteiger partial charge in [0, 0.05) is 5.92 Å². The minimum Gasteiger partial charge on any atom is -0.337 e. The molecule has 3 heterocycles. The Morgan fingerprint density at radius 2 is 2.29 bits per heavy atom. The molecule has 90 valence electrons. The van der Waals surface area contributed by atoms with Crippen molar-refractivity contribution >= 4 is 0 Å². The van der Waals surface area contributed by atoms with E-state index >= 15 is 0 Å². The fourth-order valence-corrected chi connectivity index (χ4v) is 2.03. The van der Waals surface area contributed by atoms with Gasteiger partial charge in [-0.3, -0.25) is 0 Å². The van der Waals surface area contributed by atoms with E-state index in [2.05, 4.69) is 25.5 Å². The molecule has 1 aliphatic rings. The lowest BCUT2D eigenvalue weighted by atomic mass is 9.98. The quantitative estimate of drug-likeness (QED) is 0.815. The SMILES string of the molecule is c1ncn(Cc2nc(C3CCNCC3)no2)n1. The van der Waals surface area contributed by atoms with Crippen molar-refractivity contribution in [2.24, 2.45) is 0 Å². The molecule has 0 bridgehead atoms. The number of nitrogens with zero attached hydrogens (tertiary/aromatic N) is 5. The van der Waals surface area contributed by atoms with Gasteiger partial charge in [0.2, 0.25) is 5.89 Å². The lowest BCUT2D eigenvalue weighted by Crippen LogP contribution is -2.27. The normalized spacial score (nSPS) is 17.4. The Morgan fingerprint density at radius 1 is 1.41 bits per heavy atom. The number of piperidine rings is 1. The Bertz CT molecular complexity index is 459. The highest BCUT2D eigenvalue weighted by molar-refractivity contribution is 4.97. The zero-order chi connectivity index (χ0) is 11.5. The maximum absolute atomic E-state index is 5.22. The van der Waals surface area contributed by atoms with Gasteiger partial charge in [0.25, 0.3) is 0 Å². The molecular weight excluding hydrogens is 220 g/mol. The monoisotopic (exact) mass is 234 g/mol. The first-order valence-corrected chi connectivity index (χ1v) is 5.77. The van der Waals surface area contributed by atoms with Crippen LogP contribution in [0.2, 0.25) is 0 Å². The summed E-state index contributed by atoms with van der Waals surface area (Å²) in [7, 11) is 0. The standard InChI is InChI=1S/C10H14N6O/c1-3-11-4-2-8(1)10-14-9(17-15-10)5-16-7-12-6-13-16/h6-8,11H,1-5H2. The molecule has 0 spiro atoms. The molecule has 0 saturated carbocycles. The van der Waals surface area contributed by atoms with E-state index in [0.29, 0.717) is 18.4 Å². The first kappa shape index (κ1) is 10.4. The molecule has 0 atom stereocenters. The second kappa shape index (κ2) is 4.62. The van der Waals surface area contributed by atoms with Crippen LogP contribution in [0.5, 0.6) is 0 Å². The van der Waals surface area contributed by atoms with Crippen LogP contribution in [0.15, 0.2) is 17.2 Å². The third-order valence-corrected chi connectivity index (χ3v) is 2.95. The molecule has 7 nitrogen and oxygen atoms in total. The second-order valence-electron chi connectivity index (χ2n) is 4.16. The van der Waals surface area contributed by atoms with Crippen molar-refractivity contribution in [3.05, 3.63) is 24.4 Å². The van der Waals surface area contributed by atoms with Gasteiger partial charge in [-0.05, 0) is 25.9 Å². The van der Waals surface area contributed by atoms with E-state index in [1.165, 1.54) is 6.33 Å². The lowest BCUT2D eigenvalue weighted by molar-refractivity contribution is 0.351. The van der Waals surface area contributed by atoms with E-state index in [0.717, 1.165) is 31.8 Å². The van der Waals surface area contributed by atoms with Crippen molar-refractivity contribution in [3.8, 4) is 0 Å². The van der Waals surface area contributed by atoms with Crippen molar-refractivity contribution in [1.82, 2.24) is 30.2 Å². The van der Waals surface area contributed by atoms with Crippen molar-refractivity contribution in [2.45, 2.75) is 25.3 Å². The summed E-state index contributed by atoms with van der Waals surface area (Å²) >= 11 is 0. The van der Waals surface area contributed by atoms with Crippen molar-refractivity contribution in [1.29, 1.82) is 0 Å². The van der Waals surface area contributed by atoms with Gasteiger partial charge in [-0.2, -0.15) is 10.1 Å². The van der Waals surface area contributed by atoms with E-state index in [-0.39, 0.29) is 0 Å². The summed E-state index contributed by atoms with van der Waals surface area (Å²) < 4.78 is 6.89. The average molecular weight is 234 g/mol. The van der Waals surface area contributed by atoms with Crippen LogP contribution in [0.4, 0.5) is 0 Å². The van der Waals surface area contributed by atoms with E-state index < -0.39 is 0 Å². The largest absolute Gasteiger partial charge is 0.337 e. The van der Waals surface area contributed by atoms with Crippen LogP contribution in [0.25, 0.3) is 0 Å². The fourth-order valence-electron chi connectivity index (χ4n) is 2.03. The average Bonchev–Trinajstić information content (AvgIpc) is 3.02. The molecule has 0 radical (unpaired) electrons. The first-order chi connectivity index (χ1) is 8.42. The minimum atomic E-state index is 0.421. The van der Waals surface area contributed by atoms with E-state index in [4.69, 9.17) is 4.52 Å². The van der Waals surface area contributed by atoms with Gasteiger partial charge < -0.3 is 9.84 Å². The number of aromatic nitrogens is 5. The van der Waals surface area contributed by atoms with Gasteiger partial charge >= 0.3 is 0 Å². The van der Waals surface area contributed by atoms with Gasteiger partial charge in [0.05, 0.1) is 0 Å². The summed E-state index contributed by atoms with van der Waals surface area (Å²) in [6.45, 7) is 2.53. The van der Waals surface area contributed by atoms with E-state index in [9.17, 15) is 0 Å². The lowest BCUT2D eigenvalue weighted by Gasteiger charge is -2.18. The fraction of sp³-hybridized carbons (Fsp3) is 0.600. The highest BCUT2D eigenvalue weighted by atomic mass is 16.5. The van der Waals surface area contributed by atoms with Gasteiger partial charge in [-0.15, -0.1) is 0 Å². The molecule has 1 fully saturated rings. The number of nitrogens with one attached hydrogen (secondary N) is 1. The van der Waals surface area contributed by atoms with Crippen LogP contribution in [0.3, 0.4) is 0 Å². The Balaban J connectivity index is 1.69. The highest BCUT2D eigenvalue weighted by Gasteiger charge is 2.20. The summed E-state index contributed by atoms with van der Waals surface area (Å²) in [6, 6.07) is 0. The van der Waals surface area contributed by atoms with Crippen LogP contribution in [0.1, 0.15) is 30.5 Å². The van der Waals surface area contributed by atoms with Crippen LogP contribution >= 0.6 is 0 Å². The Labute approximate surface area is 98.2 Å². The van der Waals surface area contributed by atoms with Crippen molar-refractivity contribution in [3.63, 3.8) is 0 Å². The molecular formula is C10H14N6O. The smallest absolute Gasteiger partial charge is 0.248 e. The summed E-state index contributed by atoms with van der Waals surface area (Å²) in [5.74, 6) is 1.83. The number of hydrogen-bond acceptors (Lipinski definition) is 6. The number of rotatable bonds is 3. The maximum atomic E-state index is 5.22. The molecule has 7 heteroatoms. The topological polar surface area (TPSA) is 81.7 Å². The predicted molar refractivity (Wildman–Crippen MR) is 58.3 cm³/mol. The molecule has 1 saturated heterocycles. The van der Waals surface area contributed by atoms with Gasteiger partial charge in [-0.25, -0.2) is 9.67 Å². The zero-order valence-corrected chi connectivity index (χ0v) is 9.41. The summed E-state index contributed by atoms with van der Waals surface area (Å²) in [5, 5.41) is 11.4. The molecule has 3 rings (SSSR count).